The SMILES string of the molecule is O=C(NC1CCCCC1)[C@@H](c1ccccc1)N1Cc2ccccc2C1=O. The van der Waals surface area contributed by atoms with Crippen molar-refractivity contribution in [1.29, 1.82) is 0 Å². The minimum absolute atomic E-state index is 0.0618. The average Bonchev–Trinajstić information content (AvgIpc) is 3.00. The van der Waals surface area contributed by atoms with Crippen molar-refractivity contribution in [2.24, 2.45) is 0 Å². The van der Waals surface area contributed by atoms with Crippen LogP contribution in [0.3, 0.4) is 0 Å². The first-order valence-corrected chi connectivity index (χ1v) is 9.48. The van der Waals surface area contributed by atoms with E-state index in [1.807, 2.05) is 54.6 Å². The van der Waals surface area contributed by atoms with Gasteiger partial charge in [-0.1, -0.05) is 67.8 Å². The summed E-state index contributed by atoms with van der Waals surface area (Å²) in [5, 5.41) is 3.21. The van der Waals surface area contributed by atoms with Gasteiger partial charge >= 0.3 is 0 Å². The van der Waals surface area contributed by atoms with E-state index in [0.717, 1.165) is 36.8 Å². The third-order valence-corrected chi connectivity index (χ3v) is 5.48. The fourth-order valence-corrected chi connectivity index (χ4v) is 4.12. The molecule has 0 spiro atoms. The second kappa shape index (κ2) is 7.32. The predicted octanol–water partition coefficient (Wildman–Crippen LogP) is 3.83. The summed E-state index contributed by atoms with van der Waals surface area (Å²) in [5.74, 6) is -0.127. The third-order valence-electron chi connectivity index (χ3n) is 5.48. The van der Waals surface area contributed by atoms with E-state index in [1.54, 1.807) is 4.90 Å². The maximum absolute atomic E-state index is 13.2. The molecule has 1 atom stereocenters. The lowest BCUT2D eigenvalue weighted by molar-refractivity contribution is -0.126. The van der Waals surface area contributed by atoms with Crippen LogP contribution in [0.4, 0.5) is 0 Å². The number of hydrogen-bond acceptors (Lipinski definition) is 2. The zero-order valence-electron chi connectivity index (χ0n) is 14.9. The van der Waals surface area contributed by atoms with Gasteiger partial charge in [0, 0.05) is 18.2 Å². The molecule has 1 N–H and O–H groups in total. The van der Waals surface area contributed by atoms with Crippen LogP contribution < -0.4 is 5.32 Å². The molecule has 2 aromatic carbocycles. The minimum Gasteiger partial charge on any atom is -0.351 e. The van der Waals surface area contributed by atoms with E-state index in [4.69, 9.17) is 0 Å². The standard InChI is InChI=1S/C22H24N2O2/c25-21(23-18-12-5-2-6-13-18)20(16-9-3-1-4-10-16)24-15-17-11-7-8-14-19(17)22(24)26/h1,3-4,7-11,14,18,20H,2,5-6,12-13,15H2,(H,23,25)/t20-/m1/s1. The van der Waals surface area contributed by atoms with Gasteiger partial charge in [0.1, 0.15) is 6.04 Å². The summed E-state index contributed by atoms with van der Waals surface area (Å²) in [7, 11) is 0. The number of rotatable bonds is 4. The normalized spacial score (nSPS) is 18.5. The topological polar surface area (TPSA) is 49.4 Å². The summed E-state index contributed by atoms with van der Waals surface area (Å²) in [5.41, 5.74) is 2.56. The fourth-order valence-electron chi connectivity index (χ4n) is 4.12. The largest absolute Gasteiger partial charge is 0.351 e. The molecular weight excluding hydrogens is 324 g/mol. The van der Waals surface area contributed by atoms with E-state index in [1.165, 1.54) is 6.42 Å². The van der Waals surface area contributed by atoms with Crippen molar-refractivity contribution in [1.82, 2.24) is 10.2 Å². The Labute approximate surface area is 154 Å². The highest BCUT2D eigenvalue weighted by Crippen LogP contribution is 2.32. The van der Waals surface area contributed by atoms with Crippen LogP contribution >= 0.6 is 0 Å². The molecular formula is C22H24N2O2. The highest BCUT2D eigenvalue weighted by atomic mass is 16.2. The first-order chi connectivity index (χ1) is 12.7. The molecule has 134 valence electrons. The number of amides is 2. The van der Waals surface area contributed by atoms with Gasteiger partial charge in [0.15, 0.2) is 0 Å². The van der Waals surface area contributed by atoms with Crippen molar-refractivity contribution in [3.05, 3.63) is 71.3 Å². The van der Waals surface area contributed by atoms with Gasteiger partial charge in [0.2, 0.25) is 5.91 Å². The molecule has 4 nitrogen and oxygen atoms in total. The Balaban J connectivity index is 1.62. The zero-order valence-corrected chi connectivity index (χ0v) is 14.9. The molecule has 0 unspecified atom stereocenters. The van der Waals surface area contributed by atoms with Gasteiger partial charge in [0.25, 0.3) is 5.91 Å². The highest BCUT2D eigenvalue weighted by Gasteiger charge is 2.37. The molecule has 0 radical (unpaired) electrons. The lowest BCUT2D eigenvalue weighted by Gasteiger charge is -2.30. The quantitative estimate of drug-likeness (QED) is 0.913. The van der Waals surface area contributed by atoms with Crippen LogP contribution in [0.15, 0.2) is 54.6 Å². The molecule has 1 aliphatic carbocycles. The zero-order chi connectivity index (χ0) is 17.9. The molecule has 2 aliphatic rings. The third kappa shape index (κ3) is 3.24. The molecule has 2 amide bonds. The number of fused-ring (bicyclic) bond motifs is 1. The number of benzene rings is 2. The van der Waals surface area contributed by atoms with E-state index in [0.29, 0.717) is 12.1 Å². The first kappa shape index (κ1) is 16.8. The minimum atomic E-state index is -0.585. The smallest absolute Gasteiger partial charge is 0.255 e. The number of carbonyl (C=O) groups is 2. The molecule has 4 heteroatoms. The van der Waals surface area contributed by atoms with E-state index in [2.05, 4.69) is 5.32 Å². The maximum atomic E-state index is 13.2. The van der Waals surface area contributed by atoms with E-state index >= 15 is 0 Å². The van der Waals surface area contributed by atoms with Gasteiger partial charge in [-0.25, -0.2) is 0 Å². The second-order valence-corrected chi connectivity index (χ2v) is 7.25. The van der Waals surface area contributed by atoms with Crippen LogP contribution in [0, 0.1) is 0 Å². The Morgan fingerprint density at radius 3 is 2.38 bits per heavy atom. The molecule has 1 heterocycles. The van der Waals surface area contributed by atoms with Crippen molar-refractivity contribution in [2.75, 3.05) is 0 Å². The van der Waals surface area contributed by atoms with Gasteiger partial charge in [-0.05, 0) is 30.0 Å². The first-order valence-electron chi connectivity index (χ1n) is 9.48. The fraction of sp³-hybridized carbons (Fsp3) is 0.364. The van der Waals surface area contributed by atoms with Crippen LogP contribution in [0.1, 0.15) is 59.6 Å². The molecule has 0 saturated heterocycles. The van der Waals surface area contributed by atoms with Crippen LogP contribution in [0.2, 0.25) is 0 Å². The van der Waals surface area contributed by atoms with Crippen molar-refractivity contribution in [2.45, 2.75) is 50.7 Å². The Bertz CT molecular complexity index is 797. The summed E-state index contributed by atoms with van der Waals surface area (Å²) < 4.78 is 0. The lowest BCUT2D eigenvalue weighted by atomic mass is 9.94. The monoisotopic (exact) mass is 348 g/mol. The Kier molecular flexibility index (Phi) is 4.74. The molecule has 26 heavy (non-hydrogen) atoms. The van der Waals surface area contributed by atoms with Crippen LogP contribution in [0.5, 0.6) is 0 Å². The summed E-state index contributed by atoms with van der Waals surface area (Å²) in [6.45, 7) is 0.479. The Hall–Kier alpha value is -2.62. The van der Waals surface area contributed by atoms with E-state index in [9.17, 15) is 9.59 Å². The molecule has 4 rings (SSSR count). The summed E-state index contributed by atoms with van der Waals surface area (Å²) in [4.78, 5) is 27.9. The van der Waals surface area contributed by atoms with Crippen LogP contribution in [-0.2, 0) is 11.3 Å². The Morgan fingerprint density at radius 1 is 0.962 bits per heavy atom. The summed E-state index contributed by atoms with van der Waals surface area (Å²) in [6, 6.07) is 16.9. The van der Waals surface area contributed by atoms with Gasteiger partial charge in [-0.2, -0.15) is 0 Å². The van der Waals surface area contributed by atoms with Gasteiger partial charge in [-0.15, -0.1) is 0 Å². The van der Waals surface area contributed by atoms with Crippen molar-refractivity contribution >= 4 is 11.8 Å². The van der Waals surface area contributed by atoms with Crippen LogP contribution in [0.25, 0.3) is 0 Å². The summed E-state index contributed by atoms with van der Waals surface area (Å²) >= 11 is 0. The second-order valence-electron chi connectivity index (χ2n) is 7.25. The molecule has 2 aromatic rings. The predicted molar refractivity (Wildman–Crippen MR) is 101 cm³/mol. The average molecular weight is 348 g/mol. The maximum Gasteiger partial charge on any atom is 0.255 e. The van der Waals surface area contributed by atoms with E-state index in [-0.39, 0.29) is 17.9 Å². The molecule has 1 aliphatic heterocycles. The number of nitrogens with zero attached hydrogens (tertiary/aromatic N) is 1. The molecule has 0 aromatic heterocycles. The lowest BCUT2D eigenvalue weighted by Crippen LogP contribution is -2.45. The van der Waals surface area contributed by atoms with Gasteiger partial charge in [0.05, 0.1) is 0 Å². The molecule has 1 fully saturated rings. The van der Waals surface area contributed by atoms with Crippen molar-refractivity contribution in [3.63, 3.8) is 0 Å². The Morgan fingerprint density at radius 2 is 1.65 bits per heavy atom. The van der Waals surface area contributed by atoms with Crippen molar-refractivity contribution in [3.8, 4) is 0 Å². The van der Waals surface area contributed by atoms with E-state index < -0.39 is 6.04 Å². The van der Waals surface area contributed by atoms with Gasteiger partial charge in [-0.3, -0.25) is 9.59 Å². The van der Waals surface area contributed by atoms with Crippen LogP contribution in [-0.4, -0.2) is 22.8 Å². The van der Waals surface area contributed by atoms with Gasteiger partial charge < -0.3 is 10.2 Å². The molecule has 0 bridgehead atoms. The summed E-state index contributed by atoms with van der Waals surface area (Å²) in [6.07, 6.45) is 5.63. The molecule has 1 saturated carbocycles. The highest BCUT2D eigenvalue weighted by molar-refractivity contribution is 6.01. The number of nitrogens with one attached hydrogen (secondary N) is 1. The van der Waals surface area contributed by atoms with Crippen molar-refractivity contribution < 1.29 is 9.59 Å². The number of hydrogen-bond donors (Lipinski definition) is 1. The number of carbonyl (C=O) groups excluding carboxylic acids is 2.